The zero-order chi connectivity index (χ0) is 19.2. The smallest absolute Gasteiger partial charge is 0.305 e. The van der Waals surface area contributed by atoms with E-state index < -0.39 is 0 Å². The van der Waals surface area contributed by atoms with Crippen molar-refractivity contribution in [2.45, 2.75) is 45.1 Å². The van der Waals surface area contributed by atoms with Gasteiger partial charge in [-0.3, -0.25) is 14.5 Å². The third-order valence-corrected chi connectivity index (χ3v) is 5.42. The number of ether oxygens (including phenoxy) is 1. The number of fused-ring (bicyclic) bond motifs is 3. The van der Waals surface area contributed by atoms with Gasteiger partial charge in [-0.2, -0.15) is 0 Å². The number of aromatic amines is 1. The van der Waals surface area contributed by atoms with Crippen LogP contribution in [0.1, 0.15) is 49.9 Å². The van der Waals surface area contributed by atoms with Gasteiger partial charge in [0.2, 0.25) is 5.91 Å². The van der Waals surface area contributed by atoms with E-state index in [1.165, 1.54) is 29.3 Å². The predicted octanol–water partition coefficient (Wildman–Crippen LogP) is 2.94. The number of aromatic nitrogens is 1. The maximum atomic E-state index is 12.3. The normalized spacial score (nSPS) is 16.9. The van der Waals surface area contributed by atoms with E-state index >= 15 is 0 Å². The number of para-hydroxylation sites is 1. The van der Waals surface area contributed by atoms with Gasteiger partial charge >= 0.3 is 5.97 Å². The molecule has 0 radical (unpaired) electrons. The molecule has 146 valence electrons. The number of methoxy groups -OCH3 is 1. The van der Waals surface area contributed by atoms with Crippen molar-refractivity contribution in [2.75, 3.05) is 26.7 Å². The standard InChI is InChI=1S/C21H29N3O3/c1-15-21-17(16-8-5-6-9-18(16)23-21)11-13-24(15)14-19(25)22-12-7-3-4-10-20(26)27-2/h5-6,8-9,15,23H,3-4,7,10-14H2,1-2H3,(H,22,25). The number of carbonyl (C=O) groups is 2. The minimum atomic E-state index is -0.172. The average molecular weight is 371 g/mol. The molecule has 27 heavy (non-hydrogen) atoms. The Balaban J connectivity index is 1.44. The molecule has 1 atom stereocenters. The van der Waals surface area contributed by atoms with E-state index in [2.05, 4.69) is 45.1 Å². The summed E-state index contributed by atoms with van der Waals surface area (Å²) in [5.41, 5.74) is 3.80. The van der Waals surface area contributed by atoms with Crippen molar-refractivity contribution >= 4 is 22.8 Å². The summed E-state index contributed by atoms with van der Waals surface area (Å²) < 4.78 is 4.62. The van der Waals surface area contributed by atoms with Crippen LogP contribution in [-0.4, -0.2) is 48.5 Å². The molecule has 3 rings (SSSR count). The summed E-state index contributed by atoms with van der Waals surface area (Å²) in [6, 6.07) is 8.60. The Morgan fingerprint density at radius 2 is 2.07 bits per heavy atom. The number of benzene rings is 1. The predicted molar refractivity (Wildman–Crippen MR) is 105 cm³/mol. The molecule has 6 heteroatoms. The van der Waals surface area contributed by atoms with Crippen LogP contribution in [0.4, 0.5) is 0 Å². The Morgan fingerprint density at radius 3 is 2.89 bits per heavy atom. The van der Waals surface area contributed by atoms with Crippen LogP contribution in [0.3, 0.4) is 0 Å². The zero-order valence-electron chi connectivity index (χ0n) is 16.2. The summed E-state index contributed by atoms with van der Waals surface area (Å²) in [5, 5.41) is 4.30. The number of hydrogen-bond acceptors (Lipinski definition) is 4. The Morgan fingerprint density at radius 1 is 1.26 bits per heavy atom. The molecule has 0 saturated carbocycles. The second-order valence-corrected chi connectivity index (χ2v) is 7.20. The van der Waals surface area contributed by atoms with Crippen molar-refractivity contribution in [3.8, 4) is 0 Å². The second-order valence-electron chi connectivity index (χ2n) is 7.20. The van der Waals surface area contributed by atoms with Gasteiger partial charge in [-0.05, 0) is 37.8 Å². The van der Waals surface area contributed by atoms with Crippen LogP contribution in [0.25, 0.3) is 10.9 Å². The largest absolute Gasteiger partial charge is 0.469 e. The third-order valence-electron chi connectivity index (χ3n) is 5.42. The summed E-state index contributed by atoms with van der Waals surface area (Å²) >= 11 is 0. The molecular formula is C21H29N3O3. The van der Waals surface area contributed by atoms with Crippen molar-refractivity contribution in [1.82, 2.24) is 15.2 Å². The highest BCUT2D eigenvalue weighted by Gasteiger charge is 2.28. The summed E-state index contributed by atoms with van der Waals surface area (Å²) in [7, 11) is 1.41. The van der Waals surface area contributed by atoms with Gasteiger partial charge in [0.1, 0.15) is 0 Å². The lowest BCUT2D eigenvalue weighted by atomic mass is 9.98. The van der Waals surface area contributed by atoms with Crippen LogP contribution in [0.5, 0.6) is 0 Å². The maximum absolute atomic E-state index is 12.3. The molecule has 2 heterocycles. The molecule has 1 aliphatic rings. The fourth-order valence-electron chi connectivity index (χ4n) is 3.84. The lowest BCUT2D eigenvalue weighted by Gasteiger charge is -2.32. The lowest BCUT2D eigenvalue weighted by molar-refractivity contribution is -0.140. The first-order chi connectivity index (χ1) is 13.1. The van der Waals surface area contributed by atoms with Crippen molar-refractivity contribution in [2.24, 2.45) is 0 Å². The van der Waals surface area contributed by atoms with Crippen molar-refractivity contribution < 1.29 is 14.3 Å². The molecule has 1 aromatic heterocycles. The van der Waals surface area contributed by atoms with Gasteiger partial charge in [0.15, 0.2) is 0 Å². The van der Waals surface area contributed by atoms with Crippen LogP contribution in [-0.2, 0) is 20.7 Å². The van der Waals surface area contributed by atoms with Crippen LogP contribution in [0.2, 0.25) is 0 Å². The Kier molecular flexibility index (Phi) is 6.50. The van der Waals surface area contributed by atoms with E-state index in [1.807, 2.05) is 6.07 Å². The number of rotatable bonds is 8. The monoisotopic (exact) mass is 371 g/mol. The number of nitrogens with one attached hydrogen (secondary N) is 2. The molecule has 1 aliphatic heterocycles. The van der Waals surface area contributed by atoms with E-state index in [-0.39, 0.29) is 17.9 Å². The van der Waals surface area contributed by atoms with Crippen molar-refractivity contribution in [3.05, 3.63) is 35.5 Å². The molecule has 6 nitrogen and oxygen atoms in total. The number of H-pyrrole nitrogens is 1. The number of carbonyl (C=O) groups excluding carboxylic acids is 2. The van der Waals surface area contributed by atoms with E-state index in [9.17, 15) is 9.59 Å². The van der Waals surface area contributed by atoms with Gasteiger partial charge in [-0.25, -0.2) is 0 Å². The molecule has 0 fully saturated rings. The lowest BCUT2D eigenvalue weighted by Crippen LogP contribution is -2.42. The number of esters is 1. The number of hydrogen-bond donors (Lipinski definition) is 2. The molecule has 0 aliphatic carbocycles. The first-order valence-corrected chi connectivity index (χ1v) is 9.77. The summed E-state index contributed by atoms with van der Waals surface area (Å²) in [4.78, 5) is 29.1. The molecule has 1 unspecified atom stereocenters. The fourth-order valence-corrected chi connectivity index (χ4v) is 3.84. The maximum Gasteiger partial charge on any atom is 0.305 e. The van der Waals surface area contributed by atoms with Gasteiger partial charge in [0, 0.05) is 42.1 Å². The first kappa shape index (κ1) is 19.4. The molecule has 0 spiro atoms. The van der Waals surface area contributed by atoms with Gasteiger partial charge in [0.25, 0.3) is 0 Å². The van der Waals surface area contributed by atoms with E-state index in [0.717, 1.165) is 32.2 Å². The summed E-state index contributed by atoms with van der Waals surface area (Å²) in [6.07, 6.45) is 4.00. The van der Waals surface area contributed by atoms with Crippen LogP contribution in [0.15, 0.2) is 24.3 Å². The molecule has 0 bridgehead atoms. The van der Waals surface area contributed by atoms with E-state index in [4.69, 9.17) is 0 Å². The van der Waals surface area contributed by atoms with Crippen LogP contribution >= 0.6 is 0 Å². The van der Waals surface area contributed by atoms with Crippen molar-refractivity contribution in [3.63, 3.8) is 0 Å². The fraction of sp³-hybridized carbons (Fsp3) is 0.524. The Labute approximate surface area is 160 Å². The van der Waals surface area contributed by atoms with Gasteiger partial charge in [-0.15, -0.1) is 0 Å². The number of unbranched alkanes of at least 4 members (excludes halogenated alkanes) is 2. The average Bonchev–Trinajstić information content (AvgIpc) is 3.06. The Bertz CT molecular complexity index is 799. The topological polar surface area (TPSA) is 74.4 Å². The number of nitrogens with zero attached hydrogens (tertiary/aromatic N) is 1. The third kappa shape index (κ3) is 4.69. The SMILES string of the molecule is COC(=O)CCCCCNC(=O)CN1CCc2c([nH]c3ccccc23)C1C. The highest BCUT2D eigenvalue weighted by molar-refractivity contribution is 5.85. The summed E-state index contributed by atoms with van der Waals surface area (Å²) in [6.45, 7) is 4.12. The Hall–Kier alpha value is -2.34. The zero-order valence-corrected chi connectivity index (χ0v) is 16.2. The second kappa shape index (κ2) is 9.04. The molecule has 1 amide bonds. The minimum absolute atomic E-state index is 0.0642. The highest BCUT2D eigenvalue weighted by atomic mass is 16.5. The van der Waals surface area contributed by atoms with E-state index in [0.29, 0.717) is 19.5 Å². The number of amides is 1. The molecule has 2 aromatic rings. The van der Waals surface area contributed by atoms with Crippen molar-refractivity contribution in [1.29, 1.82) is 0 Å². The van der Waals surface area contributed by atoms with Gasteiger partial charge < -0.3 is 15.0 Å². The minimum Gasteiger partial charge on any atom is -0.469 e. The molecular weight excluding hydrogens is 342 g/mol. The van der Waals surface area contributed by atoms with Crippen LogP contribution in [0, 0.1) is 0 Å². The molecule has 1 aromatic carbocycles. The molecule has 0 saturated heterocycles. The van der Waals surface area contributed by atoms with Gasteiger partial charge in [0.05, 0.1) is 13.7 Å². The highest BCUT2D eigenvalue weighted by Crippen LogP contribution is 2.33. The first-order valence-electron chi connectivity index (χ1n) is 9.77. The van der Waals surface area contributed by atoms with Crippen LogP contribution < -0.4 is 5.32 Å². The van der Waals surface area contributed by atoms with Gasteiger partial charge in [-0.1, -0.05) is 24.6 Å². The summed E-state index contributed by atoms with van der Waals surface area (Å²) in [5.74, 6) is -0.108. The van der Waals surface area contributed by atoms with E-state index in [1.54, 1.807) is 0 Å². The molecule has 2 N–H and O–H groups in total. The quantitative estimate of drug-likeness (QED) is 0.553.